The molecule has 0 bridgehead atoms. The summed E-state index contributed by atoms with van der Waals surface area (Å²) in [5, 5.41) is 5.76. The van der Waals surface area contributed by atoms with E-state index in [1.165, 1.54) is 11.3 Å². The summed E-state index contributed by atoms with van der Waals surface area (Å²) in [5.41, 5.74) is 0.986. The highest BCUT2D eigenvalue weighted by Crippen LogP contribution is 2.28. The average molecular weight is 281 g/mol. The number of thiophene rings is 1. The Labute approximate surface area is 110 Å². The highest BCUT2D eigenvalue weighted by Gasteiger charge is 2.22. The van der Waals surface area contributed by atoms with E-state index < -0.39 is 0 Å². The SMILES string of the molecule is Cc1csc(C(=O)N2CCNCC2)c1Cl.Cl. The molecule has 1 N–H and O–H groups in total. The zero-order valence-electron chi connectivity index (χ0n) is 8.96. The molecule has 90 valence electrons. The van der Waals surface area contributed by atoms with Crippen LogP contribution in [0.4, 0.5) is 0 Å². The standard InChI is InChI=1S/C10H13ClN2OS.ClH/c1-7-6-15-9(8(7)11)10(14)13-4-2-12-3-5-13;/h6,12H,2-5H2,1H3;1H. The predicted molar refractivity (Wildman–Crippen MR) is 70.1 cm³/mol. The van der Waals surface area contributed by atoms with Crippen molar-refractivity contribution >= 4 is 41.3 Å². The summed E-state index contributed by atoms with van der Waals surface area (Å²) in [6.45, 7) is 5.20. The molecule has 2 heterocycles. The van der Waals surface area contributed by atoms with Crippen LogP contribution in [0.15, 0.2) is 5.38 Å². The highest BCUT2D eigenvalue weighted by atomic mass is 35.5. The lowest BCUT2D eigenvalue weighted by molar-refractivity contribution is 0.0741. The molecule has 1 amide bonds. The maximum Gasteiger partial charge on any atom is 0.265 e. The van der Waals surface area contributed by atoms with Crippen molar-refractivity contribution in [2.45, 2.75) is 6.92 Å². The number of rotatable bonds is 1. The molecule has 0 atom stereocenters. The fraction of sp³-hybridized carbons (Fsp3) is 0.500. The van der Waals surface area contributed by atoms with Crippen molar-refractivity contribution in [2.24, 2.45) is 0 Å². The summed E-state index contributed by atoms with van der Waals surface area (Å²) < 4.78 is 0. The summed E-state index contributed by atoms with van der Waals surface area (Å²) in [5.74, 6) is 0.0691. The zero-order valence-corrected chi connectivity index (χ0v) is 11.3. The number of nitrogens with one attached hydrogen (secondary N) is 1. The predicted octanol–water partition coefficient (Wildman–Crippen LogP) is 2.18. The van der Waals surface area contributed by atoms with E-state index in [0.717, 1.165) is 31.7 Å². The van der Waals surface area contributed by atoms with Gasteiger partial charge in [-0.25, -0.2) is 0 Å². The van der Waals surface area contributed by atoms with Crippen LogP contribution >= 0.6 is 35.3 Å². The second-order valence-electron chi connectivity index (χ2n) is 3.60. The van der Waals surface area contributed by atoms with E-state index in [9.17, 15) is 4.79 Å². The first kappa shape index (κ1) is 13.8. The molecule has 6 heteroatoms. The van der Waals surface area contributed by atoms with E-state index in [1.54, 1.807) is 0 Å². The van der Waals surface area contributed by atoms with Gasteiger partial charge in [0.15, 0.2) is 0 Å². The Morgan fingerprint density at radius 2 is 2.12 bits per heavy atom. The van der Waals surface area contributed by atoms with Gasteiger partial charge in [0.1, 0.15) is 4.88 Å². The largest absolute Gasteiger partial charge is 0.335 e. The molecule has 1 aromatic rings. The molecular formula is C10H14Cl2N2OS. The number of halogens is 2. The van der Waals surface area contributed by atoms with E-state index in [4.69, 9.17) is 11.6 Å². The van der Waals surface area contributed by atoms with Crippen LogP contribution in [0.5, 0.6) is 0 Å². The molecule has 1 aromatic heterocycles. The van der Waals surface area contributed by atoms with Crippen LogP contribution in [0.25, 0.3) is 0 Å². The third kappa shape index (κ3) is 2.69. The van der Waals surface area contributed by atoms with Crippen LogP contribution < -0.4 is 5.32 Å². The first-order chi connectivity index (χ1) is 7.20. The Morgan fingerprint density at radius 1 is 1.50 bits per heavy atom. The Hall–Kier alpha value is -0.290. The number of amides is 1. The molecule has 1 aliphatic rings. The number of hydrogen-bond acceptors (Lipinski definition) is 3. The van der Waals surface area contributed by atoms with Crippen molar-refractivity contribution in [3.63, 3.8) is 0 Å². The van der Waals surface area contributed by atoms with Crippen molar-refractivity contribution in [3.05, 3.63) is 20.8 Å². The summed E-state index contributed by atoms with van der Waals surface area (Å²) in [6, 6.07) is 0. The van der Waals surface area contributed by atoms with Crippen molar-refractivity contribution < 1.29 is 4.79 Å². The Kier molecular flexibility index (Phi) is 5.05. The van der Waals surface area contributed by atoms with Crippen molar-refractivity contribution in [3.8, 4) is 0 Å². The van der Waals surface area contributed by atoms with Gasteiger partial charge in [-0.15, -0.1) is 23.7 Å². The average Bonchev–Trinajstić information content (AvgIpc) is 2.60. The van der Waals surface area contributed by atoms with Crippen LogP contribution in [0.1, 0.15) is 15.2 Å². The smallest absolute Gasteiger partial charge is 0.265 e. The van der Waals surface area contributed by atoms with E-state index in [2.05, 4.69) is 5.32 Å². The lowest BCUT2D eigenvalue weighted by atomic mass is 10.3. The first-order valence-electron chi connectivity index (χ1n) is 4.93. The molecule has 0 saturated carbocycles. The number of nitrogens with zero attached hydrogens (tertiary/aromatic N) is 1. The molecular weight excluding hydrogens is 267 g/mol. The van der Waals surface area contributed by atoms with Gasteiger partial charge in [-0.3, -0.25) is 4.79 Å². The minimum Gasteiger partial charge on any atom is -0.335 e. The molecule has 1 aliphatic heterocycles. The molecule has 0 radical (unpaired) electrons. The van der Waals surface area contributed by atoms with Gasteiger partial charge in [0, 0.05) is 26.2 Å². The van der Waals surface area contributed by atoms with Gasteiger partial charge >= 0.3 is 0 Å². The minimum atomic E-state index is 0. The van der Waals surface area contributed by atoms with E-state index in [0.29, 0.717) is 9.90 Å². The van der Waals surface area contributed by atoms with Crippen molar-refractivity contribution in [1.29, 1.82) is 0 Å². The summed E-state index contributed by atoms with van der Waals surface area (Å²) in [7, 11) is 0. The molecule has 1 saturated heterocycles. The van der Waals surface area contributed by atoms with Gasteiger partial charge in [-0.1, -0.05) is 11.6 Å². The number of carbonyl (C=O) groups is 1. The molecule has 0 aliphatic carbocycles. The van der Waals surface area contributed by atoms with Crippen LogP contribution in [0, 0.1) is 6.92 Å². The topological polar surface area (TPSA) is 32.3 Å². The van der Waals surface area contributed by atoms with E-state index >= 15 is 0 Å². The minimum absolute atomic E-state index is 0. The monoisotopic (exact) mass is 280 g/mol. The molecule has 16 heavy (non-hydrogen) atoms. The number of hydrogen-bond donors (Lipinski definition) is 1. The van der Waals surface area contributed by atoms with E-state index in [-0.39, 0.29) is 18.3 Å². The fourth-order valence-electron chi connectivity index (χ4n) is 1.59. The van der Waals surface area contributed by atoms with Gasteiger partial charge in [0.05, 0.1) is 5.02 Å². The van der Waals surface area contributed by atoms with Crippen LogP contribution in [-0.2, 0) is 0 Å². The molecule has 1 fully saturated rings. The lowest BCUT2D eigenvalue weighted by Gasteiger charge is -2.27. The van der Waals surface area contributed by atoms with Gasteiger partial charge in [0.2, 0.25) is 0 Å². The van der Waals surface area contributed by atoms with Crippen LogP contribution in [0.2, 0.25) is 5.02 Å². The van der Waals surface area contributed by atoms with Crippen molar-refractivity contribution in [2.75, 3.05) is 26.2 Å². The fourth-order valence-corrected chi connectivity index (χ4v) is 2.83. The number of carbonyl (C=O) groups excluding carboxylic acids is 1. The third-order valence-corrected chi connectivity index (χ3v) is 4.18. The zero-order chi connectivity index (χ0) is 10.8. The summed E-state index contributed by atoms with van der Waals surface area (Å²) >= 11 is 7.50. The van der Waals surface area contributed by atoms with Crippen LogP contribution in [0.3, 0.4) is 0 Å². The Morgan fingerprint density at radius 3 is 2.62 bits per heavy atom. The Bertz CT molecular complexity index is 375. The molecule has 0 spiro atoms. The second kappa shape index (κ2) is 5.87. The Balaban J connectivity index is 0.00000128. The molecule has 3 nitrogen and oxygen atoms in total. The third-order valence-electron chi connectivity index (χ3n) is 2.50. The van der Waals surface area contributed by atoms with E-state index in [1.807, 2.05) is 17.2 Å². The first-order valence-corrected chi connectivity index (χ1v) is 6.19. The normalized spacial score (nSPS) is 15.8. The molecule has 0 aromatic carbocycles. The van der Waals surface area contributed by atoms with Crippen LogP contribution in [-0.4, -0.2) is 37.0 Å². The molecule has 2 rings (SSSR count). The summed E-state index contributed by atoms with van der Waals surface area (Å²) in [6.07, 6.45) is 0. The van der Waals surface area contributed by atoms with Crippen molar-refractivity contribution in [1.82, 2.24) is 10.2 Å². The van der Waals surface area contributed by atoms with Gasteiger partial charge in [-0.2, -0.15) is 0 Å². The van der Waals surface area contributed by atoms with Gasteiger partial charge in [0.25, 0.3) is 5.91 Å². The number of aryl methyl sites for hydroxylation is 1. The quantitative estimate of drug-likeness (QED) is 0.855. The highest BCUT2D eigenvalue weighted by molar-refractivity contribution is 7.13. The lowest BCUT2D eigenvalue weighted by Crippen LogP contribution is -2.46. The summed E-state index contributed by atoms with van der Waals surface area (Å²) in [4.78, 5) is 14.6. The van der Waals surface area contributed by atoms with Gasteiger partial charge < -0.3 is 10.2 Å². The number of piperazine rings is 1. The second-order valence-corrected chi connectivity index (χ2v) is 4.86. The maximum atomic E-state index is 12.1. The maximum absolute atomic E-state index is 12.1. The molecule has 0 unspecified atom stereocenters. The van der Waals surface area contributed by atoms with Gasteiger partial charge in [-0.05, 0) is 17.9 Å².